The van der Waals surface area contributed by atoms with Crippen molar-refractivity contribution in [1.82, 2.24) is 30.2 Å². The molecule has 1 saturated heterocycles. The average Bonchev–Trinajstić information content (AvgIpc) is 3.75. The number of ether oxygens (including phenoxy) is 2. The van der Waals surface area contributed by atoms with Crippen molar-refractivity contribution in [2.24, 2.45) is 0 Å². The zero-order valence-electron chi connectivity index (χ0n) is 32.3. The number of imidazole rings is 1. The molecule has 2 aromatic carbocycles. The van der Waals surface area contributed by atoms with Gasteiger partial charge in [-0.2, -0.15) is 13.6 Å². The lowest BCUT2D eigenvalue weighted by atomic mass is 9.90. The summed E-state index contributed by atoms with van der Waals surface area (Å²) >= 11 is 0. The number of carbonyl (C=O) groups is 3. The summed E-state index contributed by atoms with van der Waals surface area (Å²) in [5, 5.41) is 36.7. The highest BCUT2D eigenvalue weighted by molar-refractivity contribution is 7.66. The van der Waals surface area contributed by atoms with Gasteiger partial charge in [0.2, 0.25) is 5.95 Å². The summed E-state index contributed by atoms with van der Waals surface area (Å²) in [6.07, 6.45) is -7.49. The molecule has 3 aliphatic rings. The summed E-state index contributed by atoms with van der Waals surface area (Å²) in [6.45, 7) is -1.83. The molecule has 2 aliphatic heterocycles. The first kappa shape index (κ1) is 46.6. The average molecular weight is 968 g/mol. The Kier molecular flexibility index (Phi) is 12.8. The normalized spacial score (nSPS) is 19.5. The van der Waals surface area contributed by atoms with Crippen LogP contribution in [0.15, 0.2) is 74.9 Å². The van der Waals surface area contributed by atoms with Gasteiger partial charge in [-0.05, 0) is 42.0 Å². The van der Waals surface area contributed by atoms with Gasteiger partial charge in [0.1, 0.15) is 29.3 Å². The predicted molar refractivity (Wildman–Crippen MR) is 216 cm³/mol. The van der Waals surface area contributed by atoms with Crippen LogP contribution in [0, 0.1) is 0 Å². The number of hydrogen-bond acceptors (Lipinski definition) is 19. The molecule has 65 heavy (non-hydrogen) atoms. The van der Waals surface area contributed by atoms with Gasteiger partial charge in [-0.15, -0.1) is 0 Å². The van der Waals surface area contributed by atoms with Crippen molar-refractivity contribution in [3.05, 3.63) is 92.6 Å². The quantitative estimate of drug-likeness (QED) is 0.0390. The number of phosphoric acid groups is 3. The molecule has 1 fully saturated rings. The van der Waals surface area contributed by atoms with Crippen molar-refractivity contribution < 1.29 is 90.0 Å². The number of anilines is 1. The number of aromatic amines is 1. The fourth-order valence-corrected chi connectivity index (χ4v) is 9.67. The number of aromatic hydroxyl groups is 1. The van der Waals surface area contributed by atoms with E-state index < -0.39 is 84.1 Å². The fraction of sp³-hybridized carbons (Fsp3) is 0.206. The number of H-pyrrole nitrogens is 1. The third-order valence-corrected chi connectivity index (χ3v) is 13.0. The van der Waals surface area contributed by atoms with Crippen LogP contribution in [0.1, 0.15) is 26.9 Å². The first-order valence-electron chi connectivity index (χ1n) is 18.1. The van der Waals surface area contributed by atoms with E-state index in [-0.39, 0.29) is 63.5 Å². The summed E-state index contributed by atoms with van der Waals surface area (Å²) in [4.78, 5) is 110. The largest absolute Gasteiger partial charge is 0.508 e. The zero-order valence-corrected chi connectivity index (χ0v) is 35.0. The number of aromatic nitrogens is 4. The maximum absolute atomic E-state index is 13.2. The first-order valence-corrected chi connectivity index (χ1v) is 22.7. The van der Waals surface area contributed by atoms with E-state index in [1.54, 1.807) is 0 Å². The summed E-state index contributed by atoms with van der Waals surface area (Å²) in [5.41, 5.74) is 4.50. The van der Waals surface area contributed by atoms with Gasteiger partial charge >= 0.3 is 35.5 Å². The molecule has 344 valence electrons. The third-order valence-electron chi connectivity index (χ3n) is 9.24. The van der Waals surface area contributed by atoms with Gasteiger partial charge in [-0.3, -0.25) is 28.5 Å². The molecule has 0 spiro atoms. The maximum Gasteiger partial charge on any atom is 0.490 e. The highest BCUT2D eigenvalue weighted by Gasteiger charge is 2.50. The number of nitrogens with two attached hydrogens (primary N) is 1. The number of fused-ring (bicyclic) bond motifs is 3. The fourth-order valence-electron chi connectivity index (χ4n) is 6.64. The second-order valence-corrected chi connectivity index (χ2v) is 18.1. The monoisotopic (exact) mass is 967 g/mol. The number of carboxylic acid groups (broad SMARTS) is 1. The van der Waals surface area contributed by atoms with Crippen LogP contribution in [0.5, 0.6) is 5.75 Å². The number of benzene rings is 3. The van der Waals surface area contributed by atoms with Crippen LogP contribution in [-0.2, 0) is 36.3 Å². The van der Waals surface area contributed by atoms with Crippen molar-refractivity contribution in [2.45, 2.75) is 24.5 Å². The Morgan fingerprint density at radius 3 is 2.37 bits per heavy atom. The number of carbonyl (C=O) groups excluding carboxylic acids is 2. The predicted octanol–water partition coefficient (Wildman–Crippen LogP) is 1.11. The summed E-state index contributed by atoms with van der Waals surface area (Å²) < 4.78 is 64.9. The van der Waals surface area contributed by atoms with E-state index >= 15 is 0 Å². The number of amides is 2. The Morgan fingerprint density at radius 1 is 0.923 bits per heavy atom. The van der Waals surface area contributed by atoms with Crippen molar-refractivity contribution in [3.8, 4) is 28.2 Å². The van der Waals surface area contributed by atoms with Crippen LogP contribution in [0.4, 0.5) is 10.7 Å². The summed E-state index contributed by atoms with van der Waals surface area (Å²) in [6, 6.07) is 11.9. The van der Waals surface area contributed by atoms with Gasteiger partial charge < -0.3 is 65.2 Å². The van der Waals surface area contributed by atoms with Crippen molar-refractivity contribution in [1.29, 1.82) is 0 Å². The number of carboxylic acids is 1. The standard InChI is InChI=1S/C34H32N7O21P3/c35-33-39-28-25(30(46)40-33)38-13-41(28)31-27(26(44)23(59-31)12-57-64(53,54)62-65(55,56)61-63(50,51)52)60-34(49)37-8-7-36-29(45)14-1-4-17(20(9-14)32(47)48)24-18-5-2-15(42)10-21(18)58-22-11-16(43)3-6-19(22)24/h1-6,9-11,13,23,26-27,31,42,44H,7-8,12H2,(H,36,45)(H,37,49)(H,47,48)(H,53,54)(H,55,56)(H2,50,51,52)(H3,35,39,40,46)/t23-,26-,27-,31-/m1/s1. The minimum Gasteiger partial charge on any atom is -0.508 e. The molecule has 0 bridgehead atoms. The van der Waals surface area contributed by atoms with Gasteiger partial charge in [0, 0.05) is 47.3 Å². The first-order chi connectivity index (χ1) is 30.5. The molecule has 28 nitrogen and oxygen atoms in total. The van der Waals surface area contributed by atoms with Gasteiger partial charge in [-0.1, -0.05) is 6.07 Å². The number of phenols is 1. The minimum absolute atomic E-state index is 0.111. The van der Waals surface area contributed by atoms with Crippen LogP contribution in [0.2, 0.25) is 0 Å². The second-order valence-electron chi connectivity index (χ2n) is 13.7. The molecule has 31 heteroatoms. The number of phenolic OH excluding ortho intramolecular Hbond substituents is 1. The molecule has 4 heterocycles. The number of phosphoric ester groups is 1. The molecule has 12 N–H and O–H groups in total. The van der Waals surface area contributed by atoms with Crippen molar-refractivity contribution in [3.63, 3.8) is 0 Å². The second kappa shape index (κ2) is 17.9. The Morgan fingerprint density at radius 2 is 1.65 bits per heavy atom. The molecule has 4 aromatic rings. The smallest absolute Gasteiger partial charge is 0.490 e. The van der Waals surface area contributed by atoms with Crippen LogP contribution in [-0.4, -0.2) is 110 Å². The minimum atomic E-state index is -5.92. The van der Waals surface area contributed by atoms with Gasteiger partial charge in [0.25, 0.3) is 11.5 Å². The lowest BCUT2D eigenvalue weighted by Gasteiger charge is -2.22. The molecular formula is C34H32N7O21P3. The molecule has 2 unspecified atom stereocenters. The van der Waals surface area contributed by atoms with E-state index in [0.717, 1.165) is 17.0 Å². The Balaban J connectivity index is 1.04. The van der Waals surface area contributed by atoms with Crippen molar-refractivity contribution >= 4 is 69.5 Å². The molecule has 1 aliphatic carbocycles. The van der Waals surface area contributed by atoms with Crippen LogP contribution < -0.4 is 27.4 Å². The number of hydrogen-bond donors (Lipinski definition) is 11. The summed E-state index contributed by atoms with van der Waals surface area (Å²) in [7, 11) is -17.4. The van der Waals surface area contributed by atoms with E-state index in [4.69, 9.17) is 29.4 Å². The molecule has 6 atom stereocenters. The number of aromatic carboxylic acids is 1. The maximum atomic E-state index is 13.2. The molecule has 2 amide bonds. The number of aliphatic hydroxyl groups is 1. The topological polar surface area (TPSA) is 434 Å². The van der Waals surface area contributed by atoms with E-state index in [2.05, 4.69) is 38.7 Å². The molecule has 0 radical (unpaired) electrons. The van der Waals surface area contributed by atoms with Crippen LogP contribution in [0.25, 0.3) is 44.6 Å². The number of nitrogens with zero attached hydrogens (tertiary/aromatic N) is 3. The van der Waals surface area contributed by atoms with Gasteiger partial charge in [0.15, 0.2) is 28.9 Å². The number of nitrogens with one attached hydrogen (secondary N) is 3. The molecular weight excluding hydrogens is 935 g/mol. The SMILES string of the molecule is Nc1nc2c(ncn2[C@@H]2O[C@H](COP(=O)(O)OP(=O)(O)OP(=O)(O)O)[C@@H](O)[C@H]2OC(=O)NCCNC(=O)c2ccc(-c3c4ccc(=O)cc-4oc4cc(O)ccc34)c(C(=O)O)c2)c(=O)[nH]1. The van der Waals surface area contributed by atoms with Crippen LogP contribution in [0.3, 0.4) is 0 Å². The highest BCUT2D eigenvalue weighted by atomic mass is 31.3. The van der Waals surface area contributed by atoms with Gasteiger partial charge in [0.05, 0.1) is 18.5 Å². The van der Waals surface area contributed by atoms with Crippen LogP contribution >= 0.6 is 23.5 Å². The van der Waals surface area contributed by atoms with E-state index in [1.165, 1.54) is 48.5 Å². The number of nitrogen functional groups attached to an aromatic ring is 1. The Labute approximate surface area is 359 Å². The number of aliphatic hydroxyl groups excluding tert-OH is 1. The Bertz CT molecular complexity index is 3110. The molecule has 0 saturated carbocycles. The van der Waals surface area contributed by atoms with E-state index in [1.807, 2.05) is 0 Å². The Hall–Kier alpha value is -6.38. The highest BCUT2D eigenvalue weighted by Crippen LogP contribution is 2.66. The van der Waals surface area contributed by atoms with E-state index in [9.17, 15) is 62.8 Å². The van der Waals surface area contributed by atoms with Crippen molar-refractivity contribution in [2.75, 3.05) is 25.4 Å². The zero-order chi connectivity index (χ0) is 47.2. The van der Waals surface area contributed by atoms with E-state index in [0.29, 0.717) is 16.5 Å². The van der Waals surface area contributed by atoms with Gasteiger partial charge in [-0.25, -0.2) is 28.3 Å². The number of alkyl carbamates (subject to hydrolysis) is 1. The lowest BCUT2D eigenvalue weighted by Crippen LogP contribution is -2.41. The molecule has 7 rings (SSSR count). The number of rotatable bonds is 15. The molecule has 2 aromatic heterocycles. The summed E-state index contributed by atoms with van der Waals surface area (Å²) in [5.74, 6) is -2.63. The lowest BCUT2D eigenvalue weighted by molar-refractivity contribution is -0.0522. The third kappa shape index (κ3) is 10.4.